The van der Waals surface area contributed by atoms with E-state index >= 15 is 0 Å². The van der Waals surface area contributed by atoms with E-state index in [0.29, 0.717) is 0 Å². The standard InChI is InChI=1S/C10H20N2.C2H6/c1-9(2)12-7-6-11-5-3-4-10(11)8-12;1-2/h9-10H,3-8H2,1-2H3;1-2H3. The average molecular weight is 198 g/mol. The first-order valence-electron chi connectivity index (χ1n) is 6.25. The minimum Gasteiger partial charge on any atom is -0.298 e. The molecule has 14 heavy (non-hydrogen) atoms. The third kappa shape index (κ3) is 2.71. The zero-order valence-electron chi connectivity index (χ0n) is 10.3. The molecule has 0 N–H and O–H groups in total. The van der Waals surface area contributed by atoms with Gasteiger partial charge in [-0.15, -0.1) is 0 Å². The van der Waals surface area contributed by atoms with Crippen molar-refractivity contribution in [2.45, 2.75) is 52.6 Å². The largest absolute Gasteiger partial charge is 0.298 e. The van der Waals surface area contributed by atoms with Crippen LogP contribution in [0.25, 0.3) is 0 Å². The van der Waals surface area contributed by atoms with Crippen LogP contribution in [-0.4, -0.2) is 48.1 Å². The quantitative estimate of drug-likeness (QED) is 0.637. The van der Waals surface area contributed by atoms with E-state index < -0.39 is 0 Å². The van der Waals surface area contributed by atoms with Crippen LogP contribution < -0.4 is 0 Å². The number of hydrogen-bond donors (Lipinski definition) is 0. The molecule has 2 rings (SSSR count). The second-order valence-corrected chi connectivity index (χ2v) is 4.42. The third-order valence-corrected chi connectivity index (χ3v) is 3.35. The van der Waals surface area contributed by atoms with Crippen molar-refractivity contribution >= 4 is 0 Å². The Hall–Kier alpha value is -0.0800. The molecule has 2 heteroatoms. The van der Waals surface area contributed by atoms with Crippen molar-refractivity contribution < 1.29 is 0 Å². The highest BCUT2D eigenvalue weighted by Gasteiger charge is 2.30. The summed E-state index contributed by atoms with van der Waals surface area (Å²) in [6, 6.07) is 1.63. The fourth-order valence-electron chi connectivity index (χ4n) is 2.48. The molecule has 0 amide bonds. The predicted molar refractivity (Wildman–Crippen MR) is 62.7 cm³/mol. The molecule has 2 aliphatic rings. The van der Waals surface area contributed by atoms with E-state index in [2.05, 4.69) is 23.6 Å². The van der Waals surface area contributed by atoms with Gasteiger partial charge >= 0.3 is 0 Å². The monoisotopic (exact) mass is 198 g/mol. The fourth-order valence-corrected chi connectivity index (χ4v) is 2.48. The fraction of sp³-hybridized carbons (Fsp3) is 1.00. The second kappa shape index (κ2) is 5.72. The Kier molecular flexibility index (Phi) is 4.90. The molecule has 2 heterocycles. The lowest BCUT2D eigenvalue weighted by molar-refractivity contribution is 0.0827. The number of nitrogens with zero attached hydrogens (tertiary/aromatic N) is 2. The maximum Gasteiger partial charge on any atom is 0.0224 e. The summed E-state index contributed by atoms with van der Waals surface area (Å²) in [5.41, 5.74) is 0. The van der Waals surface area contributed by atoms with Gasteiger partial charge in [0.15, 0.2) is 0 Å². The van der Waals surface area contributed by atoms with Crippen LogP contribution in [0.2, 0.25) is 0 Å². The zero-order valence-corrected chi connectivity index (χ0v) is 10.3. The molecule has 0 radical (unpaired) electrons. The summed E-state index contributed by atoms with van der Waals surface area (Å²) in [6.07, 6.45) is 2.86. The lowest BCUT2D eigenvalue weighted by Crippen LogP contribution is -2.52. The maximum atomic E-state index is 2.67. The minimum atomic E-state index is 0.743. The van der Waals surface area contributed by atoms with Gasteiger partial charge in [0.1, 0.15) is 0 Å². The van der Waals surface area contributed by atoms with Crippen molar-refractivity contribution in [3.63, 3.8) is 0 Å². The predicted octanol–water partition coefficient (Wildman–Crippen LogP) is 2.20. The van der Waals surface area contributed by atoms with Gasteiger partial charge in [-0.2, -0.15) is 0 Å². The first kappa shape index (κ1) is 12.0. The molecule has 2 nitrogen and oxygen atoms in total. The van der Waals surface area contributed by atoms with E-state index in [4.69, 9.17) is 0 Å². The Bertz CT molecular complexity index is 156. The Morgan fingerprint density at radius 3 is 2.43 bits per heavy atom. The summed E-state index contributed by atoms with van der Waals surface area (Å²) < 4.78 is 0. The van der Waals surface area contributed by atoms with E-state index in [1.165, 1.54) is 39.0 Å². The molecule has 1 unspecified atom stereocenters. The summed E-state index contributed by atoms with van der Waals surface area (Å²) in [7, 11) is 0. The molecule has 0 bridgehead atoms. The maximum absolute atomic E-state index is 2.67. The Labute approximate surface area is 89.3 Å². The van der Waals surface area contributed by atoms with Gasteiger partial charge in [0.25, 0.3) is 0 Å². The molecule has 0 aromatic heterocycles. The summed E-state index contributed by atoms with van der Waals surface area (Å²) in [6.45, 7) is 13.9. The molecule has 84 valence electrons. The van der Waals surface area contributed by atoms with Gasteiger partial charge in [-0.1, -0.05) is 13.8 Å². The minimum absolute atomic E-state index is 0.743. The summed E-state index contributed by atoms with van der Waals surface area (Å²) >= 11 is 0. The van der Waals surface area contributed by atoms with Crippen molar-refractivity contribution in [2.24, 2.45) is 0 Å². The molecule has 0 aromatic rings. The van der Waals surface area contributed by atoms with Gasteiger partial charge in [0.05, 0.1) is 0 Å². The molecule has 1 atom stereocenters. The van der Waals surface area contributed by atoms with Crippen LogP contribution in [0.4, 0.5) is 0 Å². The highest BCUT2D eigenvalue weighted by atomic mass is 15.3. The van der Waals surface area contributed by atoms with Crippen LogP contribution in [0.5, 0.6) is 0 Å². The molecular formula is C12H26N2. The lowest BCUT2D eigenvalue weighted by atomic mass is 10.1. The van der Waals surface area contributed by atoms with E-state index in [0.717, 1.165) is 12.1 Å². The molecular weight excluding hydrogens is 172 g/mol. The van der Waals surface area contributed by atoms with Gasteiger partial charge in [0, 0.05) is 31.7 Å². The average Bonchev–Trinajstić information content (AvgIpc) is 2.67. The number of piperazine rings is 1. The van der Waals surface area contributed by atoms with Crippen molar-refractivity contribution in [2.75, 3.05) is 26.2 Å². The van der Waals surface area contributed by atoms with Gasteiger partial charge < -0.3 is 0 Å². The molecule has 0 saturated carbocycles. The van der Waals surface area contributed by atoms with Crippen LogP contribution >= 0.6 is 0 Å². The smallest absolute Gasteiger partial charge is 0.0224 e. The van der Waals surface area contributed by atoms with E-state index in [9.17, 15) is 0 Å². The molecule has 2 fully saturated rings. The third-order valence-electron chi connectivity index (χ3n) is 3.35. The van der Waals surface area contributed by atoms with Gasteiger partial charge in [0.2, 0.25) is 0 Å². The van der Waals surface area contributed by atoms with Crippen LogP contribution in [-0.2, 0) is 0 Å². The SMILES string of the molecule is CC.CC(C)N1CCN2CCCC2C1. The summed E-state index contributed by atoms with van der Waals surface area (Å²) in [5, 5.41) is 0. The molecule has 2 aliphatic heterocycles. The highest BCUT2D eigenvalue weighted by Crippen LogP contribution is 2.22. The van der Waals surface area contributed by atoms with Crippen molar-refractivity contribution in [3.8, 4) is 0 Å². The Morgan fingerprint density at radius 1 is 1.07 bits per heavy atom. The first-order chi connectivity index (χ1) is 6.77. The number of hydrogen-bond acceptors (Lipinski definition) is 2. The van der Waals surface area contributed by atoms with Crippen LogP contribution in [0.15, 0.2) is 0 Å². The van der Waals surface area contributed by atoms with E-state index in [-0.39, 0.29) is 0 Å². The van der Waals surface area contributed by atoms with Gasteiger partial charge in [-0.3, -0.25) is 9.80 Å². The lowest BCUT2D eigenvalue weighted by Gasteiger charge is -2.39. The van der Waals surface area contributed by atoms with Gasteiger partial charge in [-0.05, 0) is 33.2 Å². The first-order valence-corrected chi connectivity index (χ1v) is 6.25. The normalized spacial score (nSPS) is 28.5. The van der Waals surface area contributed by atoms with Crippen LogP contribution in [0.1, 0.15) is 40.5 Å². The van der Waals surface area contributed by atoms with Crippen LogP contribution in [0, 0.1) is 0 Å². The van der Waals surface area contributed by atoms with E-state index in [1.54, 1.807) is 0 Å². The van der Waals surface area contributed by atoms with Gasteiger partial charge in [-0.25, -0.2) is 0 Å². The number of rotatable bonds is 1. The topological polar surface area (TPSA) is 6.48 Å². The van der Waals surface area contributed by atoms with Crippen molar-refractivity contribution in [1.29, 1.82) is 0 Å². The van der Waals surface area contributed by atoms with Crippen LogP contribution in [0.3, 0.4) is 0 Å². The summed E-state index contributed by atoms with van der Waals surface area (Å²) in [4.78, 5) is 5.28. The highest BCUT2D eigenvalue weighted by molar-refractivity contribution is 4.87. The zero-order chi connectivity index (χ0) is 10.6. The Morgan fingerprint density at radius 2 is 1.79 bits per heavy atom. The molecule has 0 aliphatic carbocycles. The molecule has 0 spiro atoms. The molecule has 0 aromatic carbocycles. The molecule has 2 saturated heterocycles. The van der Waals surface area contributed by atoms with Crippen molar-refractivity contribution in [3.05, 3.63) is 0 Å². The Balaban J connectivity index is 0.000000461. The van der Waals surface area contributed by atoms with E-state index in [1.807, 2.05) is 13.8 Å². The number of fused-ring (bicyclic) bond motifs is 1. The van der Waals surface area contributed by atoms with Crippen molar-refractivity contribution in [1.82, 2.24) is 9.80 Å². The second-order valence-electron chi connectivity index (χ2n) is 4.42. The summed E-state index contributed by atoms with van der Waals surface area (Å²) in [5.74, 6) is 0.